The van der Waals surface area contributed by atoms with Crippen LogP contribution in [0, 0.1) is 6.92 Å². The zero-order valence-electron chi connectivity index (χ0n) is 18.0. The van der Waals surface area contributed by atoms with Gasteiger partial charge in [-0.25, -0.2) is 4.79 Å². The molecule has 1 amide bonds. The Morgan fingerprint density at radius 1 is 1.10 bits per heavy atom. The molecule has 0 aliphatic rings. The first-order valence-electron chi connectivity index (χ1n) is 10.6. The maximum Gasteiger partial charge on any atom is 0.325 e. The predicted molar refractivity (Wildman–Crippen MR) is 121 cm³/mol. The van der Waals surface area contributed by atoms with Crippen LogP contribution in [0.2, 0.25) is 0 Å². The lowest BCUT2D eigenvalue weighted by Gasteiger charge is -2.14. The molecule has 2 unspecified atom stereocenters. The van der Waals surface area contributed by atoms with E-state index in [1.807, 2.05) is 0 Å². The van der Waals surface area contributed by atoms with Crippen LogP contribution in [0.5, 0.6) is 0 Å². The molecule has 1 rings (SSSR count). The number of aryl methyl sites for hydroxylation is 1. The topological polar surface area (TPSA) is 132 Å². The molecule has 0 saturated carbocycles. The lowest BCUT2D eigenvalue weighted by atomic mass is 10.1. The van der Waals surface area contributed by atoms with Gasteiger partial charge in [0.15, 0.2) is 0 Å². The Kier molecular flexibility index (Phi) is 12.9. The summed E-state index contributed by atoms with van der Waals surface area (Å²) in [5.41, 5.74) is -0.689. The Morgan fingerprint density at radius 2 is 1.73 bits per heavy atom. The molecule has 0 bridgehead atoms. The molecule has 0 aliphatic heterocycles. The van der Waals surface area contributed by atoms with Gasteiger partial charge in [-0.15, -0.1) is 0 Å². The van der Waals surface area contributed by atoms with E-state index in [1.165, 1.54) is 38.2 Å². The van der Waals surface area contributed by atoms with Gasteiger partial charge in [0.1, 0.15) is 0 Å². The van der Waals surface area contributed by atoms with Crippen molar-refractivity contribution in [2.75, 3.05) is 18.1 Å². The molecule has 0 radical (unpaired) electrons. The number of aliphatic hydroxyl groups excluding tert-OH is 1. The monoisotopic (exact) mass is 441 g/mol. The second kappa shape index (κ2) is 14.9. The maximum absolute atomic E-state index is 12.2. The lowest BCUT2D eigenvalue weighted by Crippen LogP contribution is -2.40. The first-order valence-corrected chi connectivity index (χ1v) is 12.1. The Balaban J connectivity index is 2.37. The van der Waals surface area contributed by atoms with E-state index in [-0.39, 0.29) is 17.9 Å². The van der Waals surface area contributed by atoms with Crippen LogP contribution in [0.3, 0.4) is 0 Å². The number of nitrogens with one attached hydrogen (secondary N) is 3. The summed E-state index contributed by atoms with van der Waals surface area (Å²) in [5.74, 6) is 0.233. The fraction of sp³-hybridized carbons (Fsp3) is 0.667. The number of aromatic amines is 2. The average molecular weight is 442 g/mol. The number of rotatable bonds is 15. The van der Waals surface area contributed by atoms with Gasteiger partial charge in [-0.2, -0.15) is 0 Å². The fourth-order valence-corrected chi connectivity index (χ4v) is 4.39. The molecule has 170 valence electrons. The van der Waals surface area contributed by atoms with Crippen molar-refractivity contribution in [3.8, 4) is 0 Å². The zero-order chi connectivity index (χ0) is 22.4. The molecule has 0 spiro atoms. The summed E-state index contributed by atoms with van der Waals surface area (Å²) >= 11 is 0. The van der Waals surface area contributed by atoms with Crippen molar-refractivity contribution in [2.45, 2.75) is 71.3 Å². The molecule has 1 aromatic rings. The highest BCUT2D eigenvalue weighted by Crippen LogP contribution is 2.09. The number of aromatic nitrogens is 2. The quantitative estimate of drug-likeness (QED) is 0.243. The Hall–Kier alpha value is -2.00. The van der Waals surface area contributed by atoms with Crippen molar-refractivity contribution in [1.82, 2.24) is 15.3 Å². The van der Waals surface area contributed by atoms with Crippen LogP contribution < -0.4 is 16.6 Å². The lowest BCUT2D eigenvalue weighted by molar-refractivity contribution is -0.117. The molecular formula is C21H35N3O5S. The number of hydrogen-bond acceptors (Lipinski definition) is 5. The summed E-state index contributed by atoms with van der Waals surface area (Å²) < 4.78 is 12.2. The second-order valence-corrected chi connectivity index (χ2v) is 9.08. The normalized spacial score (nSPS) is 13.4. The van der Waals surface area contributed by atoms with Crippen molar-refractivity contribution >= 4 is 22.8 Å². The number of H-pyrrole nitrogens is 2. The molecule has 0 aliphatic carbocycles. The number of aliphatic hydroxyl groups is 1. The van der Waals surface area contributed by atoms with Crippen LogP contribution >= 0.6 is 0 Å². The second-order valence-electron chi connectivity index (χ2n) is 7.45. The first-order chi connectivity index (χ1) is 14.4. The SMILES string of the molecule is CCCCCCCCCCS(=O)CC(CO)NC(=O)C=Cc1c(C)[nH]c(=O)[nH]c1=O. The van der Waals surface area contributed by atoms with Crippen LogP contribution in [-0.2, 0) is 15.6 Å². The third-order valence-corrected chi connectivity index (χ3v) is 6.28. The van der Waals surface area contributed by atoms with Gasteiger partial charge < -0.3 is 15.4 Å². The van der Waals surface area contributed by atoms with Crippen LogP contribution in [0.1, 0.15) is 69.5 Å². The van der Waals surface area contributed by atoms with Crippen molar-refractivity contribution < 1.29 is 14.1 Å². The summed E-state index contributed by atoms with van der Waals surface area (Å²) in [6.07, 6.45) is 11.8. The minimum absolute atomic E-state index is 0.170. The van der Waals surface area contributed by atoms with Crippen molar-refractivity contribution in [2.24, 2.45) is 0 Å². The van der Waals surface area contributed by atoms with Crippen molar-refractivity contribution in [3.63, 3.8) is 0 Å². The van der Waals surface area contributed by atoms with Crippen molar-refractivity contribution in [3.05, 3.63) is 38.2 Å². The van der Waals surface area contributed by atoms with E-state index in [0.29, 0.717) is 11.4 Å². The first kappa shape index (κ1) is 26.0. The van der Waals surface area contributed by atoms with E-state index in [2.05, 4.69) is 22.2 Å². The van der Waals surface area contributed by atoms with Crippen LogP contribution in [-0.4, -0.2) is 49.3 Å². The Morgan fingerprint density at radius 3 is 2.33 bits per heavy atom. The standard InChI is InChI=1S/C21H35N3O5S/c1-3-4-5-6-7-8-9-10-13-30(29)15-17(14-25)23-19(26)12-11-18-16(2)22-21(28)24-20(18)27/h11-12,17,25H,3-10,13-15H2,1-2H3,(H,23,26)(H2,22,24,27,28). The highest BCUT2D eigenvalue weighted by Gasteiger charge is 2.14. The minimum atomic E-state index is -1.12. The maximum atomic E-state index is 12.2. The van der Waals surface area contributed by atoms with E-state index in [0.717, 1.165) is 25.3 Å². The largest absolute Gasteiger partial charge is 0.394 e. The Bertz CT molecular complexity index is 816. The number of amides is 1. The third-order valence-electron chi connectivity index (χ3n) is 4.76. The summed E-state index contributed by atoms with van der Waals surface area (Å²) in [7, 11) is -1.12. The van der Waals surface area contributed by atoms with E-state index >= 15 is 0 Å². The molecule has 2 atom stereocenters. The van der Waals surface area contributed by atoms with Crippen molar-refractivity contribution in [1.29, 1.82) is 0 Å². The highest BCUT2D eigenvalue weighted by molar-refractivity contribution is 7.85. The molecule has 0 fully saturated rings. The molecule has 0 saturated heterocycles. The molecular weight excluding hydrogens is 406 g/mol. The van der Waals surface area contributed by atoms with Gasteiger partial charge in [0.2, 0.25) is 5.91 Å². The van der Waals surface area contributed by atoms with Crippen LogP contribution in [0.4, 0.5) is 0 Å². The number of carbonyl (C=O) groups is 1. The number of unbranched alkanes of at least 4 members (excludes halogenated alkanes) is 7. The predicted octanol–water partition coefficient (Wildman–Crippen LogP) is 1.75. The van der Waals surface area contributed by atoms with Gasteiger partial charge >= 0.3 is 5.69 Å². The number of carbonyl (C=O) groups excluding carboxylic acids is 1. The molecule has 0 aromatic carbocycles. The van der Waals surface area contributed by atoms with Gasteiger partial charge in [0, 0.05) is 34.1 Å². The summed E-state index contributed by atoms with van der Waals surface area (Å²) in [5, 5.41) is 12.1. The Labute approximate surface area is 180 Å². The van der Waals surface area contributed by atoms with E-state index < -0.39 is 34.0 Å². The highest BCUT2D eigenvalue weighted by atomic mass is 32.2. The summed E-state index contributed by atoms with van der Waals surface area (Å²) in [4.78, 5) is 39.6. The zero-order valence-corrected chi connectivity index (χ0v) is 18.8. The van der Waals surface area contributed by atoms with Gasteiger partial charge in [-0.1, -0.05) is 51.9 Å². The molecule has 1 heterocycles. The summed E-state index contributed by atoms with van der Waals surface area (Å²) in [6, 6.07) is -0.619. The number of hydrogen-bond donors (Lipinski definition) is 4. The molecule has 4 N–H and O–H groups in total. The smallest absolute Gasteiger partial charge is 0.325 e. The van der Waals surface area contributed by atoms with Crippen LogP contribution in [0.25, 0.3) is 6.08 Å². The fourth-order valence-electron chi connectivity index (χ4n) is 3.06. The van der Waals surface area contributed by atoms with Gasteiger partial charge in [0.25, 0.3) is 5.56 Å². The molecule has 30 heavy (non-hydrogen) atoms. The minimum Gasteiger partial charge on any atom is -0.394 e. The van der Waals surface area contributed by atoms with E-state index in [1.54, 1.807) is 6.92 Å². The van der Waals surface area contributed by atoms with Gasteiger partial charge in [0.05, 0.1) is 18.2 Å². The molecule has 9 heteroatoms. The average Bonchev–Trinajstić information content (AvgIpc) is 2.68. The summed E-state index contributed by atoms with van der Waals surface area (Å²) in [6.45, 7) is 3.43. The molecule has 8 nitrogen and oxygen atoms in total. The third kappa shape index (κ3) is 10.7. The van der Waals surface area contributed by atoms with E-state index in [9.17, 15) is 23.7 Å². The van der Waals surface area contributed by atoms with Gasteiger partial charge in [-0.3, -0.25) is 18.8 Å². The molecule has 1 aromatic heterocycles. The van der Waals surface area contributed by atoms with Crippen LogP contribution in [0.15, 0.2) is 15.7 Å². The van der Waals surface area contributed by atoms with E-state index in [4.69, 9.17) is 0 Å². The van der Waals surface area contributed by atoms with Gasteiger partial charge in [-0.05, 0) is 19.4 Å².